The number of hydrogen-bond donors (Lipinski definition) is 0. The van der Waals surface area contributed by atoms with Crippen molar-refractivity contribution in [2.24, 2.45) is 0 Å². The molecular formula is C21H22FN3O3S2. The van der Waals surface area contributed by atoms with Crippen LogP contribution in [0.25, 0.3) is 10.6 Å². The van der Waals surface area contributed by atoms with Gasteiger partial charge in [0.1, 0.15) is 21.5 Å². The topological polar surface area (TPSA) is 72.4 Å². The standard InChI is InChI=1S/C21H22FN3O3S2/c1-2-28-18-11-5-6-12-19(18)30(26,27)25-13-7-8-15(14-25)20-23-24-21(29-20)16-9-3-4-10-17(16)22/h3-6,9-12,15H,2,7-8,13-14H2,1H3. The fourth-order valence-corrected chi connectivity index (χ4v) is 6.23. The second kappa shape index (κ2) is 8.79. The number of halogens is 1. The van der Waals surface area contributed by atoms with Crippen molar-refractivity contribution < 1.29 is 17.5 Å². The molecule has 1 fully saturated rings. The number of para-hydroxylation sites is 1. The average Bonchev–Trinajstić information content (AvgIpc) is 3.25. The summed E-state index contributed by atoms with van der Waals surface area (Å²) in [5.41, 5.74) is 0.409. The molecule has 4 rings (SSSR count). The summed E-state index contributed by atoms with van der Waals surface area (Å²) in [6.07, 6.45) is 1.53. The first-order chi connectivity index (χ1) is 14.5. The van der Waals surface area contributed by atoms with Crippen molar-refractivity contribution in [3.63, 3.8) is 0 Å². The molecule has 1 aliphatic heterocycles. The van der Waals surface area contributed by atoms with E-state index in [1.807, 2.05) is 6.92 Å². The van der Waals surface area contributed by atoms with Crippen LogP contribution in [0.4, 0.5) is 4.39 Å². The van der Waals surface area contributed by atoms with Crippen LogP contribution in [0.5, 0.6) is 5.75 Å². The molecule has 0 spiro atoms. The maximum absolute atomic E-state index is 14.1. The van der Waals surface area contributed by atoms with E-state index in [9.17, 15) is 12.8 Å². The lowest BCUT2D eigenvalue weighted by atomic mass is 10.0. The number of piperidine rings is 1. The molecule has 30 heavy (non-hydrogen) atoms. The molecule has 1 atom stereocenters. The summed E-state index contributed by atoms with van der Waals surface area (Å²) in [5, 5.41) is 9.63. The Morgan fingerprint density at radius 1 is 1.17 bits per heavy atom. The highest BCUT2D eigenvalue weighted by atomic mass is 32.2. The normalized spacial score (nSPS) is 17.7. The van der Waals surface area contributed by atoms with Gasteiger partial charge < -0.3 is 4.74 Å². The zero-order valence-electron chi connectivity index (χ0n) is 16.5. The van der Waals surface area contributed by atoms with Crippen LogP contribution >= 0.6 is 11.3 Å². The molecule has 158 valence electrons. The molecule has 6 nitrogen and oxygen atoms in total. The second-order valence-electron chi connectivity index (χ2n) is 7.01. The summed E-state index contributed by atoms with van der Waals surface area (Å²) in [6, 6.07) is 13.1. The summed E-state index contributed by atoms with van der Waals surface area (Å²) in [5.74, 6) is -0.0636. The van der Waals surface area contributed by atoms with Crippen molar-refractivity contribution >= 4 is 21.4 Å². The lowest BCUT2D eigenvalue weighted by Crippen LogP contribution is -2.39. The van der Waals surface area contributed by atoms with Gasteiger partial charge in [-0.3, -0.25) is 0 Å². The van der Waals surface area contributed by atoms with Crippen LogP contribution in [0.15, 0.2) is 53.4 Å². The van der Waals surface area contributed by atoms with Gasteiger partial charge in [0.25, 0.3) is 0 Å². The highest BCUT2D eigenvalue weighted by molar-refractivity contribution is 7.89. The highest BCUT2D eigenvalue weighted by Crippen LogP contribution is 2.36. The largest absolute Gasteiger partial charge is 0.492 e. The third kappa shape index (κ3) is 4.10. The van der Waals surface area contributed by atoms with E-state index in [-0.39, 0.29) is 16.6 Å². The molecule has 0 amide bonds. The Hall–Kier alpha value is -2.36. The lowest BCUT2D eigenvalue weighted by molar-refractivity contribution is 0.307. The predicted molar refractivity (Wildman–Crippen MR) is 114 cm³/mol. The Morgan fingerprint density at radius 3 is 2.73 bits per heavy atom. The van der Waals surface area contributed by atoms with E-state index in [4.69, 9.17) is 4.74 Å². The van der Waals surface area contributed by atoms with Gasteiger partial charge in [0, 0.05) is 24.6 Å². The van der Waals surface area contributed by atoms with E-state index in [0.717, 1.165) is 17.8 Å². The molecule has 1 aliphatic rings. The van der Waals surface area contributed by atoms with Crippen LogP contribution in [0.3, 0.4) is 0 Å². The molecule has 0 radical (unpaired) electrons. The summed E-state index contributed by atoms with van der Waals surface area (Å²) in [7, 11) is -3.70. The van der Waals surface area contributed by atoms with Gasteiger partial charge in [-0.2, -0.15) is 4.31 Å². The molecule has 1 unspecified atom stereocenters. The fraction of sp³-hybridized carbons (Fsp3) is 0.333. The number of hydrogen-bond acceptors (Lipinski definition) is 6. The minimum absolute atomic E-state index is 0.0780. The minimum Gasteiger partial charge on any atom is -0.492 e. The molecule has 0 N–H and O–H groups in total. The first-order valence-electron chi connectivity index (χ1n) is 9.81. The smallest absolute Gasteiger partial charge is 0.246 e. The van der Waals surface area contributed by atoms with Crippen molar-refractivity contribution in [2.45, 2.75) is 30.6 Å². The number of sulfonamides is 1. The monoisotopic (exact) mass is 447 g/mol. The molecule has 0 bridgehead atoms. The van der Waals surface area contributed by atoms with Crippen LogP contribution in [0.2, 0.25) is 0 Å². The minimum atomic E-state index is -3.70. The Labute approximate surface area is 179 Å². The van der Waals surface area contributed by atoms with E-state index >= 15 is 0 Å². The summed E-state index contributed by atoms with van der Waals surface area (Å²) >= 11 is 1.32. The molecule has 0 aliphatic carbocycles. The Morgan fingerprint density at radius 2 is 1.93 bits per heavy atom. The molecule has 0 saturated carbocycles. The Kier molecular flexibility index (Phi) is 6.12. The maximum Gasteiger partial charge on any atom is 0.246 e. The van der Waals surface area contributed by atoms with Crippen LogP contribution in [-0.2, 0) is 10.0 Å². The van der Waals surface area contributed by atoms with Gasteiger partial charge in [-0.1, -0.05) is 35.6 Å². The van der Waals surface area contributed by atoms with E-state index in [2.05, 4.69) is 10.2 Å². The molecular weight excluding hydrogens is 425 g/mol. The van der Waals surface area contributed by atoms with Crippen molar-refractivity contribution in [3.8, 4) is 16.3 Å². The van der Waals surface area contributed by atoms with Crippen LogP contribution < -0.4 is 4.74 Å². The maximum atomic E-state index is 14.1. The summed E-state index contributed by atoms with van der Waals surface area (Å²) in [4.78, 5) is 0.178. The molecule has 1 aromatic heterocycles. The van der Waals surface area contributed by atoms with Gasteiger partial charge in [0.2, 0.25) is 10.0 Å². The van der Waals surface area contributed by atoms with Gasteiger partial charge in [-0.25, -0.2) is 12.8 Å². The number of rotatable bonds is 6. The van der Waals surface area contributed by atoms with Gasteiger partial charge in [-0.05, 0) is 44.0 Å². The predicted octanol–water partition coefficient (Wildman–Crippen LogP) is 4.31. The quantitative estimate of drug-likeness (QED) is 0.563. The second-order valence-corrected chi connectivity index (χ2v) is 9.92. The molecule has 9 heteroatoms. The van der Waals surface area contributed by atoms with Gasteiger partial charge >= 0.3 is 0 Å². The van der Waals surface area contributed by atoms with E-state index in [0.29, 0.717) is 36.0 Å². The van der Waals surface area contributed by atoms with Gasteiger partial charge in [0.15, 0.2) is 5.01 Å². The van der Waals surface area contributed by atoms with Crippen LogP contribution in [0.1, 0.15) is 30.7 Å². The lowest BCUT2D eigenvalue weighted by Gasteiger charge is -2.31. The van der Waals surface area contributed by atoms with Gasteiger partial charge in [0.05, 0.1) is 6.61 Å². The number of ether oxygens (including phenoxy) is 1. The van der Waals surface area contributed by atoms with E-state index in [1.165, 1.54) is 21.7 Å². The molecule has 2 heterocycles. The highest BCUT2D eigenvalue weighted by Gasteiger charge is 2.34. The molecule has 3 aromatic rings. The van der Waals surface area contributed by atoms with E-state index in [1.54, 1.807) is 42.5 Å². The first kappa shape index (κ1) is 20.9. The average molecular weight is 448 g/mol. The number of nitrogens with zero attached hydrogens (tertiary/aromatic N) is 3. The number of aromatic nitrogens is 2. The summed E-state index contributed by atoms with van der Waals surface area (Å²) < 4.78 is 47.7. The Balaban J connectivity index is 1.58. The summed E-state index contributed by atoms with van der Waals surface area (Å²) in [6.45, 7) is 2.97. The van der Waals surface area contributed by atoms with Crippen molar-refractivity contribution in [1.29, 1.82) is 0 Å². The van der Waals surface area contributed by atoms with Crippen molar-refractivity contribution in [3.05, 3.63) is 59.4 Å². The third-order valence-electron chi connectivity index (χ3n) is 5.05. The van der Waals surface area contributed by atoms with Gasteiger partial charge in [-0.15, -0.1) is 10.2 Å². The molecule has 1 saturated heterocycles. The number of benzene rings is 2. The van der Waals surface area contributed by atoms with E-state index < -0.39 is 10.0 Å². The van der Waals surface area contributed by atoms with Crippen LogP contribution in [-0.4, -0.2) is 42.6 Å². The SMILES string of the molecule is CCOc1ccccc1S(=O)(=O)N1CCCC(c2nnc(-c3ccccc3F)s2)C1. The molecule has 2 aromatic carbocycles. The third-order valence-corrected chi connectivity index (χ3v) is 8.07. The first-order valence-corrected chi connectivity index (χ1v) is 12.1. The fourth-order valence-electron chi connectivity index (χ4n) is 3.58. The van der Waals surface area contributed by atoms with Crippen LogP contribution in [0, 0.1) is 5.82 Å². The zero-order valence-corrected chi connectivity index (χ0v) is 18.1. The van der Waals surface area contributed by atoms with Crippen molar-refractivity contribution in [2.75, 3.05) is 19.7 Å². The Bertz CT molecular complexity index is 1130. The van der Waals surface area contributed by atoms with Crippen molar-refractivity contribution in [1.82, 2.24) is 14.5 Å². The zero-order chi connectivity index (χ0) is 21.1.